The molecular weight excluding hydrogens is 927 g/mol. The first-order valence-electron chi connectivity index (χ1n) is 34.5. The molecule has 0 fully saturated rings. The molecule has 0 spiro atoms. The summed E-state index contributed by atoms with van der Waals surface area (Å²) < 4.78 is 0. The number of hydrogen-bond acceptors (Lipinski definition) is 3. The third-order valence-corrected chi connectivity index (χ3v) is 16.0. The van der Waals surface area contributed by atoms with Crippen LogP contribution in [0.3, 0.4) is 0 Å². The second-order valence-corrected chi connectivity index (χ2v) is 23.6. The molecular formula is C72H135NO3. The van der Waals surface area contributed by atoms with Gasteiger partial charge in [0.15, 0.2) is 0 Å². The van der Waals surface area contributed by atoms with Gasteiger partial charge in [-0.05, 0) is 57.8 Å². The minimum Gasteiger partial charge on any atom is -0.394 e. The van der Waals surface area contributed by atoms with Gasteiger partial charge in [-0.2, -0.15) is 0 Å². The Kier molecular flexibility index (Phi) is 65.7. The van der Waals surface area contributed by atoms with Crippen LogP contribution < -0.4 is 5.32 Å². The van der Waals surface area contributed by atoms with Crippen molar-refractivity contribution < 1.29 is 15.0 Å². The molecule has 3 N–H and O–H groups in total. The Bertz CT molecular complexity index is 1250. The predicted molar refractivity (Wildman–Crippen MR) is 341 cm³/mol. The second kappa shape index (κ2) is 67.4. The van der Waals surface area contributed by atoms with E-state index in [2.05, 4.69) is 79.9 Å². The number of nitrogens with one attached hydrogen (secondary N) is 1. The number of carbonyl (C=O) groups excluding carboxylic acids is 1. The van der Waals surface area contributed by atoms with Crippen molar-refractivity contribution in [3.05, 3.63) is 60.8 Å². The molecule has 0 radical (unpaired) electrons. The fourth-order valence-electron chi connectivity index (χ4n) is 10.9. The highest BCUT2D eigenvalue weighted by Gasteiger charge is 2.20. The fourth-order valence-corrected chi connectivity index (χ4v) is 10.9. The molecule has 0 aliphatic rings. The van der Waals surface area contributed by atoms with E-state index in [0.717, 1.165) is 57.8 Å². The van der Waals surface area contributed by atoms with Crippen LogP contribution in [0.5, 0.6) is 0 Å². The lowest BCUT2D eigenvalue weighted by Gasteiger charge is -2.22. The molecule has 0 heterocycles. The van der Waals surface area contributed by atoms with E-state index in [1.807, 2.05) is 0 Å². The van der Waals surface area contributed by atoms with Crippen molar-refractivity contribution in [2.45, 2.75) is 386 Å². The number of amides is 1. The summed E-state index contributed by atoms with van der Waals surface area (Å²) in [6, 6.07) is -0.537. The third kappa shape index (κ3) is 62.9. The normalized spacial score (nSPS) is 13.1. The predicted octanol–water partition coefficient (Wildman–Crippen LogP) is 23.5. The van der Waals surface area contributed by atoms with E-state index >= 15 is 0 Å². The number of aliphatic hydroxyl groups is 2. The molecule has 4 nitrogen and oxygen atoms in total. The zero-order valence-electron chi connectivity index (χ0n) is 51.5. The summed E-state index contributed by atoms with van der Waals surface area (Å²) in [6.45, 7) is 4.28. The molecule has 76 heavy (non-hydrogen) atoms. The first-order valence-corrected chi connectivity index (χ1v) is 34.5. The number of aliphatic hydroxyl groups excluding tert-OH is 2. The lowest BCUT2D eigenvalue weighted by molar-refractivity contribution is -0.123. The minimum absolute atomic E-state index is 0.0237. The van der Waals surface area contributed by atoms with Crippen molar-refractivity contribution in [3.63, 3.8) is 0 Å². The first-order chi connectivity index (χ1) is 37.7. The Balaban J connectivity index is 3.39. The minimum atomic E-state index is -0.660. The molecule has 1 amide bonds. The molecule has 446 valence electrons. The van der Waals surface area contributed by atoms with Crippen LogP contribution in [0.1, 0.15) is 373 Å². The zero-order chi connectivity index (χ0) is 54.8. The average molecular weight is 1060 g/mol. The molecule has 0 aliphatic heterocycles. The van der Waals surface area contributed by atoms with E-state index in [1.54, 1.807) is 0 Å². The van der Waals surface area contributed by atoms with E-state index in [-0.39, 0.29) is 12.5 Å². The van der Waals surface area contributed by atoms with Gasteiger partial charge in [-0.15, -0.1) is 0 Å². The Labute approximate surface area is 477 Å². The maximum Gasteiger partial charge on any atom is 0.220 e. The number of hydrogen-bond donors (Lipinski definition) is 3. The summed E-state index contributed by atoms with van der Waals surface area (Å²) in [7, 11) is 0. The van der Waals surface area contributed by atoms with Gasteiger partial charge in [-0.1, -0.05) is 370 Å². The zero-order valence-corrected chi connectivity index (χ0v) is 51.5. The Hall–Kier alpha value is -1.91. The Morgan fingerprint density at radius 1 is 0.329 bits per heavy atom. The quantitative estimate of drug-likeness (QED) is 0.0420. The maximum absolute atomic E-state index is 12.6. The topological polar surface area (TPSA) is 69.6 Å². The van der Waals surface area contributed by atoms with E-state index < -0.39 is 12.1 Å². The molecule has 0 saturated heterocycles. The summed E-state index contributed by atoms with van der Waals surface area (Å²) in [4.78, 5) is 12.6. The summed E-state index contributed by atoms with van der Waals surface area (Å²) in [5.41, 5.74) is 0. The monoisotopic (exact) mass is 1060 g/mol. The van der Waals surface area contributed by atoms with Gasteiger partial charge in [0.05, 0.1) is 18.8 Å². The summed E-state index contributed by atoms with van der Waals surface area (Å²) in [5, 5.41) is 23.5. The van der Waals surface area contributed by atoms with Crippen LogP contribution in [0.4, 0.5) is 0 Å². The van der Waals surface area contributed by atoms with Gasteiger partial charge in [0.1, 0.15) is 0 Å². The number of allylic oxidation sites excluding steroid dienone is 10. The standard InChI is InChI=1S/C72H135NO3/c1-3-5-7-9-11-13-15-17-19-21-23-25-27-29-30-31-32-33-34-35-36-37-38-39-40-41-42-44-46-48-50-52-54-56-58-60-62-64-66-68-72(76)73-70(69-74)71(75)67-65-63-61-59-57-55-53-51-49-47-45-43-28-26-24-22-20-18-16-14-12-10-8-6-4-2/h5,7,11,13,17,19,23,25,29-30,70-71,74-75H,3-4,6,8-10,12,14-16,18,20-22,24,26-28,31-69H2,1-2H3,(H,73,76)/b7-5-,13-11-,19-17-,25-23-,30-29-. The molecule has 4 heteroatoms. The van der Waals surface area contributed by atoms with E-state index in [9.17, 15) is 15.0 Å². The lowest BCUT2D eigenvalue weighted by atomic mass is 10.0. The van der Waals surface area contributed by atoms with Gasteiger partial charge in [-0.3, -0.25) is 4.79 Å². The van der Waals surface area contributed by atoms with Crippen molar-refractivity contribution in [3.8, 4) is 0 Å². The molecule has 2 unspecified atom stereocenters. The van der Waals surface area contributed by atoms with Gasteiger partial charge in [0.2, 0.25) is 5.91 Å². The molecule has 0 aromatic carbocycles. The van der Waals surface area contributed by atoms with Gasteiger partial charge in [-0.25, -0.2) is 0 Å². The Morgan fingerprint density at radius 2 is 0.579 bits per heavy atom. The molecule has 0 aromatic heterocycles. The summed E-state index contributed by atoms with van der Waals surface area (Å²) in [5.74, 6) is -0.0237. The molecule has 0 aromatic rings. The lowest BCUT2D eigenvalue weighted by Crippen LogP contribution is -2.45. The van der Waals surface area contributed by atoms with Crippen LogP contribution in [0, 0.1) is 0 Å². The first kappa shape index (κ1) is 74.1. The third-order valence-electron chi connectivity index (χ3n) is 16.0. The molecule has 0 aliphatic carbocycles. The number of carbonyl (C=O) groups is 1. The smallest absolute Gasteiger partial charge is 0.220 e. The highest BCUT2D eigenvalue weighted by atomic mass is 16.3. The van der Waals surface area contributed by atoms with Crippen molar-refractivity contribution in [2.24, 2.45) is 0 Å². The van der Waals surface area contributed by atoms with Gasteiger partial charge in [0, 0.05) is 6.42 Å². The van der Waals surface area contributed by atoms with Crippen molar-refractivity contribution in [1.82, 2.24) is 5.32 Å². The van der Waals surface area contributed by atoms with Gasteiger partial charge in [0.25, 0.3) is 0 Å². The van der Waals surface area contributed by atoms with E-state index in [1.165, 1.54) is 289 Å². The molecule has 2 atom stereocenters. The fraction of sp³-hybridized carbons (Fsp3) is 0.847. The van der Waals surface area contributed by atoms with Crippen molar-refractivity contribution in [2.75, 3.05) is 6.61 Å². The van der Waals surface area contributed by atoms with Crippen LogP contribution >= 0.6 is 0 Å². The summed E-state index contributed by atoms with van der Waals surface area (Å²) >= 11 is 0. The molecule has 0 saturated carbocycles. The van der Waals surface area contributed by atoms with Crippen LogP contribution in [-0.4, -0.2) is 34.9 Å². The average Bonchev–Trinajstić information content (AvgIpc) is 3.42. The summed E-state index contributed by atoms with van der Waals surface area (Å²) in [6.07, 6.45) is 95.6. The second-order valence-electron chi connectivity index (χ2n) is 23.6. The number of unbranched alkanes of at least 4 members (excludes halogenated alkanes) is 47. The van der Waals surface area contributed by atoms with Crippen LogP contribution in [0.2, 0.25) is 0 Å². The maximum atomic E-state index is 12.6. The largest absolute Gasteiger partial charge is 0.394 e. The van der Waals surface area contributed by atoms with Crippen molar-refractivity contribution >= 4 is 5.91 Å². The SMILES string of the molecule is CC/C=C\C/C=C\C/C=C\C/C=C\C/C=C\CCCCCCCCCCCCCCCCCCCCCCCCCC(=O)NC(CO)C(O)CCCCCCCCCCCCCCCCCCCCCCCCCCC. The van der Waals surface area contributed by atoms with Crippen LogP contribution in [0.15, 0.2) is 60.8 Å². The highest BCUT2D eigenvalue weighted by Crippen LogP contribution is 2.19. The highest BCUT2D eigenvalue weighted by molar-refractivity contribution is 5.76. The van der Waals surface area contributed by atoms with E-state index in [0.29, 0.717) is 12.8 Å². The van der Waals surface area contributed by atoms with E-state index in [4.69, 9.17) is 0 Å². The van der Waals surface area contributed by atoms with Crippen LogP contribution in [-0.2, 0) is 4.79 Å². The Morgan fingerprint density at radius 3 is 0.868 bits per heavy atom. The molecule has 0 rings (SSSR count). The van der Waals surface area contributed by atoms with Gasteiger partial charge < -0.3 is 15.5 Å². The number of rotatable bonds is 64. The van der Waals surface area contributed by atoms with Crippen LogP contribution in [0.25, 0.3) is 0 Å². The van der Waals surface area contributed by atoms with Gasteiger partial charge >= 0.3 is 0 Å². The molecule has 0 bridgehead atoms. The van der Waals surface area contributed by atoms with Crippen molar-refractivity contribution in [1.29, 1.82) is 0 Å².